The summed E-state index contributed by atoms with van der Waals surface area (Å²) in [6.45, 7) is 6.44. The van der Waals surface area contributed by atoms with E-state index in [1.807, 2.05) is 11.5 Å². The molecule has 0 saturated carbocycles. The fourth-order valence-corrected chi connectivity index (χ4v) is 2.35. The number of ether oxygens (including phenoxy) is 1. The highest BCUT2D eigenvalue weighted by molar-refractivity contribution is 5.86. The van der Waals surface area contributed by atoms with Crippen LogP contribution in [0, 0.1) is 20.8 Å². The zero-order valence-electron chi connectivity index (χ0n) is 10.7. The predicted molar refractivity (Wildman–Crippen MR) is 68.2 cm³/mol. The summed E-state index contributed by atoms with van der Waals surface area (Å²) in [6, 6.07) is 6.39. The highest BCUT2D eigenvalue weighted by atomic mass is 16.5. The Morgan fingerprint density at radius 3 is 2.59 bits per heavy atom. The van der Waals surface area contributed by atoms with E-state index in [0.29, 0.717) is 0 Å². The van der Waals surface area contributed by atoms with Gasteiger partial charge < -0.3 is 9.30 Å². The Labute approximate surface area is 101 Å². The summed E-state index contributed by atoms with van der Waals surface area (Å²) >= 11 is 0. The first kappa shape index (κ1) is 11.7. The fraction of sp³-hybridized carbons (Fsp3) is 0.357. The molecule has 3 heteroatoms. The Morgan fingerprint density at radius 2 is 1.94 bits per heavy atom. The molecule has 0 atom stereocenters. The first-order chi connectivity index (χ1) is 8.02. The average molecular weight is 231 g/mol. The highest BCUT2D eigenvalue weighted by Crippen LogP contribution is 2.24. The molecular formula is C14H17NO2. The molecule has 0 amide bonds. The number of fused-ring (bicyclic) bond motifs is 1. The van der Waals surface area contributed by atoms with Crippen molar-refractivity contribution in [2.45, 2.75) is 27.3 Å². The number of benzene rings is 1. The van der Waals surface area contributed by atoms with Gasteiger partial charge in [-0.15, -0.1) is 0 Å². The molecule has 0 aliphatic rings. The lowest BCUT2D eigenvalue weighted by Gasteiger charge is -2.09. The minimum Gasteiger partial charge on any atom is -0.468 e. The molecule has 0 radical (unpaired) electrons. The predicted octanol–water partition coefficient (Wildman–Crippen LogP) is 2.74. The number of carbonyl (C=O) groups excluding carboxylic acids is 1. The molecule has 1 aromatic heterocycles. The van der Waals surface area contributed by atoms with E-state index in [2.05, 4.69) is 32.0 Å². The number of rotatable bonds is 2. The van der Waals surface area contributed by atoms with E-state index >= 15 is 0 Å². The third-order valence-corrected chi connectivity index (χ3v) is 3.05. The van der Waals surface area contributed by atoms with E-state index < -0.39 is 0 Å². The van der Waals surface area contributed by atoms with Gasteiger partial charge in [-0.3, -0.25) is 4.79 Å². The Kier molecular flexibility index (Phi) is 2.92. The van der Waals surface area contributed by atoms with Gasteiger partial charge in [-0.05, 0) is 38.5 Å². The number of hydrogen-bond acceptors (Lipinski definition) is 2. The van der Waals surface area contributed by atoms with Gasteiger partial charge in [0.2, 0.25) is 0 Å². The number of nitrogens with zero attached hydrogens (tertiary/aromatic N) is 1. The van der Waals surface area contributed by atoms with Gasteiger partial charge in [-0.2, -0.15) is 0 Å². The lowest BCUT2D eigenvalue weighted by Crippen LogP contribution is -2.12. The lowest BCUT2D eigenvalue weighted by atomic mass is 10.1. The van der Waals surface area contributed by atoms with Gasteiger partial charge in [-0.1, -0.05) is 11.6 Å². The summed E-state index contributed by atoms with van der Waals surface area (Å²) in [5.74, 6) is -0.217. The summed E-state index contributed by atoms with van der Waals surface area (Å²) in [7, 11) is 1.42. The van der Waals surface area contributed by atoms with Crippen molar-refractivity contribution in [3.63, 3.8) is 0 Å². The van der Waals surface area contributed by atoms with Gasteiger partial charge in [0.1, 0.15) is 6.54 Å². The molecule has 0 fully saturated rings. The van der Waals surface area contributed by atoms with Crippen LogP contribution in [-0.4, -0.2) is 17.6 Å². The van der Waals surface area contributed by atoms with E-state index in [1.54, 1.807) is 0 Å². The van der Waals surface area contributed by atoms with E-state index in [1.165, 1.54) is 23.6 Å². The molecule has 0 bridgehead atoms. The second kappa shape index (κ2) is 4.24. The van der Waals surface area contributed by atoms with Crippen molar-refractivity contribution < 1.29 is 9.53 Å². The molecule has 3 nitrogen and oxygen atoms in total. The lowest BCUT2D eigenvalue weighted by molar-refractivity contribution is -0.141. The van der Waals surface area contributed by atoms with E-state index in [0.717, 1.165) is 11.2 Å². The summed E-state index contributed by atoms with van der Waals surface area (Å²) in [5, 5.41) is 1.18. The molecule has 90 valence electrons. The van der Waals surface area contributed by atoms with Crippen LogP contribution in [0.4, 0.5) is 0 Å². The third kappa shape index (κ3) is 2.05. The van der Waals surface area contributed by atoms with Gasteiger partial charge in [0.15, 0.2) is 0 Å². The monoisotopic (exact) mass is 231 g/mol. The maximum Gasteiger partial charge on any atom is 0.325 e. The van der Waals surface area contributed by atoms with Crippen molar-refractivity contribution in [1.82, 2.24) is 4.57 Å². The minimum absolute atomic E-state index is 0.217. The van der Waals surface area contributed by atoms with Crippen LogP contribution < -0.4 is 0 Å². The van der Waals surface area contributed by atoms with Gasteiger partial charge in [0.25, 0.3) is 0 Å². The van der Waals surface area contributed by atoms with E-state index in [-0.39, 0.29) is 12.5 Å². The number of aromatic nitrogens is 1. The molecule has 17 heavy (non-hydrogen) atoms. The highest BCUT2D eigenvalue weighted by Gasteiger charge is 2.11. The summed E-state index contributed by atoms with van der Waals surface area (Å²) in [5.41, 5.74) is 4.64. The van der Waals surface area contributed by atoms with E-state index in [9.17, 15) is 4.79 Å². The Balaban J connectivity index is 2.62. The fourth-order valence-electron chi connectivity index (χ4n) is 2.35. The molecule has 0 unspecified atom stereocenters. The summed E-state index contributed by atoms with van der Waals surface area (Å²) in [6.07, 6.45) is 0. The molecule has 0 aliphatic heterocycles. The van der Waals surface area contributed by atoms with Gasteiger partial charge in [0, 0.05) is 11.1 Å². The van der Waals surface area contributed by atoms with Crippen molar-refractivity contribution >= 4 is 16.9 Å². The van der Waals surface area contributed by atoms with Crippen LogP contribution >= 0.6 is 0 Å². The number of aryl methyl sites for hydroxylation is 3. The normalized spacial score (nSPS) is 10.8. The van der Waals surface area contributed by atoms with Crippen LogP contribution in [0.3, 0.4) is 0 Å². The second-order valence-corrected chi connectivity index (χ2v) is 4.47. The summed E-state index contributed by atoms with van der Waals surface area (Å²) in [4.78, 5) is 11.4. The molecule has 1 heterocycles. The SMILES string of the molecule is COC(=O)Cn1c(C)cc2cc(C)cc(C)c21. The second-order valence-electron chi connectivity index (χ2n) is 4.47. The largest absolute Gasteiger partial charge is 0.468 e. The van der Waals surface area contributed by atoms with Gasteiger partial charge in [0.05, 0.1) is 12.6 Å². The zero-order valence-corrected chi connectivity index (χ0v) is 10.7. The van der Waals surface area contributed by atoms with Crippen molar-refractivity contribution in [2.24, 2.45) is 0 Å². The topological polar surface area (TPSA) is 31.2 Å². The average Bonchev–Trinajstić information content (AvgIpc) is 2.55. The molecular weight excluding hydrogens is 214 g/mol. The van der Waals surface area contributed by atoms with Crippen molar-refractivity contribution in [1.29, 1.82) is 0 Å². The first-order valence-electron chi connectivity index (χ1n) is 5.67. The van der Waals surface area contributed by atoms with Crippen LogP contribution in [0.5, 0.6) is 0 Å². The van der Waals surface area contributed by atoms with Crippen LogP contribution in [0.2, 0.25) is 0 Å². The number of carbonyl (C=O) groups is 1. The molecule has 0 spiro atoms. The van der Waals surface area contributed by atoms with Crippen molar-refractivity contribution in [3.05, 3.63) is 35.0 Å². The number of methoxy groups -OCH3 is 1. The first-order valence-corrected chi connectivity index (χ1v) is 5.67. The molecule has 0 aliphatic carbocycles. The smallest absolute Gasteiger partial charge is 0.325 e. The summed E-state index contributed by atoms with van der Waals surface area (Å²) < 4.78 is 6.74. The molecule has 2 aromatic rings. The van der Waals surface area contributed by atoms with Crippen LogP contribution in [0.15, 0.2) is 18.2 Å². The van der Waals surface area contributed by atoms with E-state index in [4.69, 9.17) is 4.74 Å². The quantitative estimate of drug-likeness (QED) is 0.744. The van der Waals surface area contributed by atoms with Crippen molar-refractivity contribution in [2.75, 3.05) is 7.11 Å². The van der Waals surface area contributed by atoms with Crippen LogP contribution in [0.1, 0.15) is 16.8 Å². The number of hydrogen-bond donors (Lipinski definition) is 0. The Bertz CT molecular complexity index is 581. The molecule has 0 saturated heterocycles. The number of esters is 1. The molecule has 2 rings (SSSR count). The maximum atomic E-state index is 11.4. The zero-order chi connectivity index (χ0) is 12.6. The Morgan fingerprint density at radius 1 is 1.24 bits per heavy atom. The van der Waals surface area contributed by atoms with Gasteiger partial charge in [-0.25, -0.2) is 0 Å². The van der Waals surface area contributed by atoms with Gasteiger partial charge >= 0.3 is 5.97 Å². The van der Waals surface area contributed by atoms with Crippen LogP contribution in [-0.2, 0) is 16.1 Å². The van der Waals surface area contributed by atoms with Crippen molar-refractivity contribution in [3.8, 4) is 0 Å². The minimum atomic E-state index is -0.217. The molecule has 0 N–H and O–H groups in total. The Hall–Kier alpha value is -1.77. The maximum absolute atomic E-state index is 11.4. The molecule has 1 aromatic carbocycles. The third-order valence-electron chi connectivity index (χ3n) is 3.05. The van der Waals surface area contributed by atoms with Crippen LogP contribution in [0.25, 0.3) is 10.9 Å². The standard InChI is InChI=1S/C14H17NO2/c1-9-5-10(2)14-12(6-9)7-11(3)15(14)8-13(16)17-4/h5-7H,8H2,1-4H3.